The lowest BCUT2D eigenvalue weighted by Gasteiger charge is -2.22. The zero-order chi connectivity index (χ0) is 13.9. The first-order chi connectivity index (χ1) is 8.97. The molecule has 0 bridgehead atoms. The van der Waals surface area contributed by atoms with Crippen LogP contribution in [0.25, 0.3) is 0 Å². The summed E-state index contributed by atoms with van der Waals surface area (Å²) in [5.74, 6) is 0.486. The second-order valence-electron chi connectivity index (χ2n) is 5.21. The maximum absolute atomic E-state index is 12.2. The number of hydrogen-bond acceptors (Lipinski definition) is 6. The van der Waals surface area contributed by atoms with Crippen LogP contribution in [0.3, 0.4) is 0 Å². The van der Waals surface area contributed by atoms with Crippen LogP contribution in [0.15, 0.2) is 0 Å². The number of hydrogen-bond donors (Lipinski definition) is 2. The summed E-state index contributed by atoms with van der Waals surface area (Å²) in [5.41, 5.74) is 0. The van der Waals surface area contributed by atoms with E-state index in [4.69, 9.17) is 0 Å². The van der Waals surface area contributed by atoms with Crippen LogP contribution in [0.4, 0.5) is 5.13 Å². The lowest BCUT2D eigenvalue weighted by molar-refractivity contribution is 0.499. The summed E-state index contributed by atoms with van der Waals surface area (Å²) in [7, 11) is -3.36. The second kappa shape index (κ2) is 6.15. The molecule has 2 heterocycles. The molecule has 1 atom stereocenters. The van der Waals surface area contributed by atoms with E-state index < -0.39 is 10.0 Å². The molecule has 0 spiro atoms. The Morgan fingerprint density at radius 3 is 2.89 bits per heavy atom. The van der Waals surface area contributed by atoms with Gasteiger partial charge in [-0.3, -0.25) is 4.72 Å². The van der Waals surface area contributed by atoms with Gasteiger partial charge >= 0.3 is 0 Å². The Kier molecular flexibility index (Phi) is 4.75. The average molecular weight is 304 g/mol. The van der Waals surface area contributed by atoms with Gasteiger partial charge in [-0.2, -0.15) is 0 Å². The Bertz CT molecular complexity index is 507. The Balaban J connectivity index is 2.01. The van der Waals surface area contributed by atoms with E-state index in [-0.39, 0.29) is 5.25 Å². The van der Waals surface area contributed by atoms with E-state index in [9.17, 15) is 8.42 Å². The van der Waals surface area contributed by atoms with Crippen molar-refractivity contribution in [2.24, 2.45) is 5.92 Å². The molecule has 6 nitrogen and oxygen atoms in total. The molecule has 1 unspecified atom stereocenters. The molecule has 1 aromatic rings. The molecular formula is C11H20N4O2S2. The van der Waals surface area contributed by atoms with Gasteiger partial charge in [-0.25, -0.2) is 8.42 Å². The number of nitrogens with zero attached hydrogens (tertiary/aromatic N) is 2. The zero-order valence-electron chi connectivity index (χ0n) is 11.2. The van der Waals surface area contributed by atoms with Crippen molar-refractivity contribution in [3.63, 3.8) is 0 Å². The summed E-state index contributed by atoms with van der Waals surface area (Å²) < 4.78 is 26.9. The van der Waals surface area contributed by atoms with Gasteiger partial charge in [0.1, 0.15) is 5.01 Å². The van der Waals surface area contributed by atoms with Gasteiger partial charge in [-0.1, -0.05) is 25.2 Å². The first-order valence-corrected chi connectivity index (χ1v) is 8.88. The average Bonchev–Trinajstić information content (AvgIpc) is 2.76. The summed E-state index contributed by atoms with van der Waals surface area (Å²) in [6.07, 6.45) is 2.41. The van der Waals surface area contributed by atoms with Gasteiger partial charge < -0.3 is 5.32 Å². The van der Waals surface area contributed by atoms with Crippen LogP contribution in [0, 0.1) is 5.92 Å². The molecule has 108 valence electrons. The van der Waals surface area contributed by atoms with Crippen molar-refractivity contribution in [3.05, 3.63) is 5.01 Å². The molecule has 8 heteroatoms. The molecule has 1 fully saturated rings. The maximum atomic E-state index is 12.2. The van der Waals surface area contributed by atoms with E-state index in [0.717, 1.165) is 24.4 Å². The predicted octanol–water partition coefficient (Wildman–Crippen LogP) is 1.23. The lowest BCUT2D eigenvalue weighted by Crippen LogP contribution is -2.41. The quantitative estimate of drug-likeness (QED) is 0.855. The van der Waals surface area contributed by atoms with Gasteiger partial charge in [-0.05, 0) is 25.3 Å². The van der Waals surface area contributed by atoms with Crippen LogP contribution < -0.4 is 10.0 Å². The highest BCUT2D eigenvalue weighted by molar-refractivity contribution is 7.93. The summed E-state index contributed by atoms with van der Waals surface area (Å²) >= 11 is 1.32. The third-order valence-corrected chi connectivity index (χ3v) is 5.72. The fraction of sp³-hybridized carbons (Fsp3) is 0.818. The second-order valence-corrected chi connectivity index (χ2v) is 8.24. The molecule has 2 N–H and O–H groups in total. The number of rotatable bonds is 5. The van der Waals surface area contributed by atoms with Crippen LogP contribution in [-0.2, 0) is 16.4 Å². The highest BCUT2D eigenvalue weighted by atomic mass is 32.2. The summed E-state index contributed by atoms with van der Waals surface area (Å²) in [6.45, 7) is 5.59. The SMILES string of the molecule is CC(C)Cc1nnc(NS(=O)(=O)C2CCCNC2)s1. The first kappa shape index (κ1) is 14.7. The molecule has 0 aliphatic carbocycles. The van der Waals surface area contributed by atoms with E-state index in [1.165, 1.54) is 11.3 Å². The Morgan fingerprint density at radius 1 is 1.47 bits per heavy atom. The zero-order valence-corrected chi connectivity index (χ0v) is 12.9. The molecule has 1 aliphatic heterocycles. The van der Waals surface area contributed by atoms with E-state index in [1.54, 1.807) is 0 Å². The predicted molar refractivity (Wildman–Crippen MR) is 76.9 cm³/mol. The van der Waals surface area contributed by atoms with Crippen LogP contribution in [0.2, 0.25) is 0 Å². The highest BCUT2D eigenvalue weighted by Crippen LogP contribution is 2.21. The maximum Gasteiger partial charge on any atom is 0.238 e. The number of nitrogens with one attached hydrogen (secondary N) is 2. The fourth-order valence-corrected chi connectivity index (χ4v) is 4.60. The minimum atomic E-state index is -3.36. The lowest BCUT2D eigenvalue weighted by atomic mass is 10.1. The van der Waals surface area contributed by atoms with E-state index in [2.05, 4.69) is 34.1 Å². The smallest absolute Gasteiger partial charge is 0.238 e. The van der Waals surface area contributed by atoms with Gasteiger partial charge in [0, 0.05) is 13.0 Å². The third kappa shape index (κ3) is 4.12. The minimum Gasteiger partial charge on any atom is -0.315 e. The highest BCUT2D eigenvalue weighted by Gasteiger charge is 2.28. The summed E-state index contributed by atoms with van der Waals surface area (Å²) in [6, 6.07) is 0. The van der Waals surface area contributed by atoms with Crippen LogP contribution in [-0.4, -0.2) is 37.0 Å². The van der Waals surface area contributed by atoms with E-state index in [0.29, 0.717) is 24.0 Å². The molecule has 0 amide bonds. The normalized spacial score (nSPS) is 20.7. The molecular weight excluding hydrogens is 284 g/mol. The topological polar surface area (TPSA) is 84.0 Å². The summed E-state index contributed by atoms with van der Waals surface area (Å²) in [5, 5.41) is 11.9. The van der Waals surface area contributed by atoms with Crippen molar-refractivity contribution in [1.29, 1.82) is 0 Å². The molecule has 0 aromatic carbocycles. The standard InChI is InChI=1S/C11H20N4O2S2/c1-8(2)6-10-13-14-11(18-10)15-19(16,17)9-4-3-5-12-7-9/h8-9,12H,3-7H2,1-2H3,(H,14,15). The number of aromatic nitrogens is 2. The van der Waals surface area contributed by atoms with Gasteiger partial charge in [-0.15, -0.1) is 10.2 Å². The number of sulfonamides is 1. The molecule has 19 heavy (non-hydrogen) atoms. The van der Waals surface area contributed by atoms with E-state index in [1.807, 2.05) is 0 Å². The molecule has 0 radical (unpaired) electrons. The molecule has 0 saturated carbocycles. The van der Waals surface area contributed by atoms with Crippen molar-refractivity contribution in [2.75, 3.05) is 17.8 Å². The summed E-state index contributed by atoms with van der Waals surface area (Å²) in [4.78, 5) is 0. The molecule has 2 rings (SSSR count). The van der Waals surface area contributed by atoms with Crippen molar-refractivity contribution in [1.82, 2.24) is 15.5 Å². The van der Waals surface area contributed by atoms with Crippen LogP contribution in [0.5, 0.6) is 0 Å². The minimum absolute atomic E-state index is 0.376. The monoisotopic (exact) mass is 304 g/mol. The van der Waals surface area contributed by atoms with Crippen LogP contribution >= 0.6 is 11.3 Å². The number of anilines is 1. The third-order valence-electron chi connectivity index (χ3n) is 2.97. The van der Waals surface area contributed by atoms with Crippen molar-refractivity contribution < 1.29 is 8.42 Å². The Hall–Kier alpha value is -0.730. The molecule has 1 saturated heterocycles. The molecule has 1 aromatic heterocycles. The van der Waals surface area contributed by atoms with E-state index >= 15 is 0 Å². The van der Waals surface area contributed by atoms with Gasteiger partial charge in [0.25, 0.3) is 0 Å². The fourth-order valence-electron chi connectivity index (χ4n) is 2.02. The van der Waals surface area contributed by atoms with Crippen molar-refractivity contribution in [3.8, 4) is 0 Å². The largest absolute Gasteiger partial charge is 0.315 e. The number of piperidine rings is 1. The van der Waals surface area contributed by atoms with Crippen molar-refractivity contribution in [2.45, 2.75) is 38.4 Å². The van der Waals surface area contributed by atoms with Gasteiger partial charge in [0.15, 0.2) is 0 Å². The van der Waals surface area contributed by atoms with Gasteiger partial charge in [0.2, 0.25) is 15.2 Å². The van der Waals surface area contributed by atoms with Crippen LogP contribution in [0.1, 0.15) is 31.7 Å². The Labute approximate surface area is 118 Å². The van der Waals surface area contributed by atoms with Crippen molar-refractivity contribution >= 4 is 26.5 Å². The first-order valence-electron chi connectivity index (χ1n) is 6.52. The van der Waals surface area contributed by atoms with Gasteiger partial charge in [0.05, 0.1) is 5.25 Å². The molecule has 1 aliphatic rings. The Morgan fingerprint density at radius 2 is 2.26 bits per heavy atom.